The molecule has 0 bridgehead atoms. The molecule has 7 nitrogen and oxygen atoms in total. The minimum absolute atomic E-state index is 0.0292. The molecule has 180 valence electrons. The van der Waals surface area contributed by atoms with Gasteiger partial charge in [-0.1, -0.05) is 45.0 Å². The third-order valence-corrected chi connectivity index (χ3v) is 5.92. The van der Waals surface area contributed by atoms with E-state index in [1.807, 2.05) is 20.8 Å². The summed E-state index contributed by atoms with van der Waals surface area (Å²) in [5, 5.41) is 1.59. The lowest BCUT2D eigenvalue weighted by Gasteiger charge is -2.19. The van der Waals surface area contributed by atoms with E-state index in [2.05, 4.69) is 9.46 Å². The molecule has 2 aromatic carbocycles. The smallest absolute Gasteiger partial charge is 0.405 e. The molecular formula is C22H25F3N2O5S. The SMILES string of the molecule is CC(C)(C)c1ccc(S(=O)(=O)NCc2ccc(C(=O)OCC(=O)NCC(F)(F)F)cc2)cc1. The maximum Gasteiger partial charge on any atom is 0.405 e. The van der Waals surface area contributed by atoms with Gasteiger partial charge in [-0.25, -0.2) is 17.9 Å². The predicted molar refractivity (Wildman–Crippen MR) is 115 cm³/mol. The van der Waals surface area contributed by atoms with Crippen molar-refractivity contribution in [3.8, 4) is 0 Å². The highest BCUT2D eigenvalue weighted by Gasteiger charge is 2.27. The molecule has 2 aromatic rings. The van der Waals surface area contributed by atoms with Crippen LogP contribution in [0, 0.1) is 0 Å². The van der Waals surface area contributed by atoms with Gasteiger partial charge in [-0.2, -0.15) is 13.2 Å². The minimum Gasteiger partial charge on any atom is -0.452 e. The van der Waals surface area contributed by atoms with Gasteiger partial charge in [0.25, 0.3) is 5.91 Å². The topological polar surface area (TPSA) is 102 Å². The first-order valence-corrected chi connectivity index (χ1v) is 11.4. The van der Waals surface area contributed by atoms with Crippen molar-refractivity contribution in [3.05, 3.63) is 65.2 Å². The summed E-state index contributed by atoms with van der Waals surface area (Å²) < 4.78 is 68.3. The number of alkyl halides is 3. The number of carbonyl (C=O) groups is 2. The number of benzene rings is 2. The molecule has 0 unspecified atom stereocenters. The van der Waals surface area contributed by atoms with E-state index in [9.17, 15) is 31.2 Å². The van der Waals surface area contributed by atoms with Crippen molar-refractivity contribution in [2.45, 2.75) is 43.8 Å². The molecule has 0 fully saturated rings. The van der Waals surface area contributed by atoms with E-state index in [1.165, 1.54) is 36.4 Å². The van der Waals surface area contributed by atoms with Crippen molar-refractivity contribution in [3.63, 3.8) is 0 Å². The highest BCUT2D eigenvalue weighted by molar-refractivity contribution is 7.89. The monoisotopic (exact) mass is 486 g/mol. The van der Waals surface area contributed by atoms with E-state index in [1.54, 1.807) is 17.4 Å². The predicted octanol–water partition coefficient (Wildman–Crippen LogP) is 3.30. The molecule has 0 saturated carbocycles. The van der Waals surface area contributed by atoms with Gasteiger partial charge in [0.2, 0.25) is 10.0 Å². The van der Waals surface area contributed by atoms with Crippen LogP contribution in [0.4, 0.5) is 13.2 Å². The first-order valence-electron chi connectivity index (χ1n) is 9.87. The van der Waals surface area contributed by atoms with Crippen LogP contribution >= 0.6 is 0 Å². The van der Waals surface area contributed by atoms with Crippen molar-refractivity contribution in [2.24, 2.45) is 0 Å². The molecule has 0 aliphatic heterocycles. The van der Waals surface area contributed by atoms with Gasteiger partial charge in [0.05, 0.1) is 10.5 Å². The molecule has 2 N–H and O–H groups in total. The number of halogens is 3. The van der Waals surface area contributed by atoms with Crippen molar-refractivity contribution in [2.75, 3.05) is 13.2 Å². The van der Waals surface area contributed by atoms with Crippen molar-refractivity contribution in [1.82, 2.24) is 10.0 Å². The van der Waals surface area contributed by atoms with Gasteiger partial charge in [-0.15, -0.1) is 0 Å². The van der Waals surface area contributed by atoms with Crippen LogP contribution in [0.25, 0.3) is 0 Å². The summed E-state index contributed by atoms with van der Waals surface area (Å²) in [4.78, 5) is 23.3. The second-order valence-corrected chi connectivity index (χ2v) is 10.0. The molecule has 0 atom stereocenters. The number of esters is 1. The normalized spacial score (nSPS) is 12.3. The molecule has 0 spiro atoms. The number of rotatable bonds is 8. The van der Waals surface area contributed by atoms with E-state index in [0.29, 0.717) is 5.56 Å². The Morgan fingerprint density at radius 3 is 2.03 bits per heavy atom. The number of hydrogen-bond donors (Lipinski definition) is 2. The van der Waals surface area contributed by atoms with E-state index in [4.69, 9.17) is 0 Å². The van der Waals surface area contributed by atoms with Gasteiger partial charge in [-0.3, -0.25) is 4.79 Å². The number of nitrogens with one attached hydrogen (secondary N) is 2. The van der Waals surface area contributed by atoms with Crippen molar-refractivity contribution < 1.29 is 35.9 Å². The lowest BCUT2D eigenvalue weighted by atomic mass is 9.87. The highest BCUT2D eigenvalue weighted by atomic mass is 32.2. The lowest BCUT2D eigenvalue weighted by Crippen LogP contribution is -2.36. The Morgan fingerprint density at radius 2 is 1.52 bits per heavy atom. The van der Waals surface area contributed by atoms with Crippen molar-refractivity contribution >= 4 is 21.9 Å². The second kappa shape index (κ2) is 10.3. The summed E-state index contributed by atoms with van der Waals surface area (Å²) in [6, 6.07) is 12.3. The number of hydrogen-bond acceptors (Lipinski definition) is 5. The molecule has 0 heterocycles. The average molecular weight is 487 g/mol. The fraction of sp³-hybridized carbons (Fsp3) is 0.364. The number of carbonyl (C=O) groups excluding carboxylic acids is 2. The lowest BCUT2D eigenvalue weighted by molar-refractivity contribution is -0.140. The summed E-state index contributed by atoms with van der Waals surface area (Å²) in [6.45, 7) is 3.67. The van der Waals surface area contributed by atoms with Gasteiger partial charge >= 0.3 is 12.1 Å². The van der Waals surface area contributed by atoms with Crippen LogP contribution in [-0.2, 0) is 31.5 Å². The van der Waals surface area contributed by atoms with Crippen LogP contribution in [-0.4, -0.2) is 39.6 Å². The third kappa shape index (κ3) is 8.50. The van der Waals surface area contributed by atoms with Gasteiger partial charge in [-0.05, 0) is 40.8 Å². The van der Waals surface area contributed by atoms with Crippen molar-refractivity contribution in [1.29, 1.82) is 0 Å². The van der Waals surface area contributed by atoms with Crippen LogP contribution in [0.15, 0.2) is 53.4 Å². The van der Waals surface area contributed by atoms with Crippen LogP contribution in [0.2, 0.25) is 0 Å². The Bertz CT molecular complexity index is 1070. The molecule has 0 saturated heterocycles. The number of sulfonamides is 1. The zero-order valence-electron chi connectivity index (χ0n) is 18.3. The van der Waals surface area contributed by atoms with Crippen LogP contribution < -0.4 is 10.0 Å². The maximum atomic E-state index is 12.5. The van der Waals surface area contributed by atoms with Crippen LogP contribution in [0.3, 0.4) is 0 Å². The quantitative estimate of drug-likeness (QED) is 0.558. The summed E-state index contributed by atoms with van der Waals surface area (Å²) >= 11 is 0. The Kier molecular flexibility index (Phi) is 8.25. The number of amides is 1. The van der Waals surface area contributed by atoms with Crippen LogP contribution in [0.5, 0.6) is 0 Å². The minimum atomic E-state index is -4.56. The molecule has 0 aliphatic carbocycles. The summed E-state index contributed by atoms with van der Waals surface area (Å²) in [6.07, 6.45) is -4.56. The molecule has 0 aliphatic rings. The Hall–Kier alpha value is -2.92. The zero-order chi connectivity index (χ0) is 24.9. The van der Waals surface area contributed by atoms with Gasteiger partial charge in [0, 0.05) is 6.54 Å². The number of ether oxygens (including phenoxy) is 1. The van der Waals surface area contributed by atoms with E-state index in [0.717, 1.165) is 5.56 Å². The van der Waals surface area contributed by atoms with E-state index in [-0.39, 0.29) is 22.4 Å². The first kappa shape index (κ1) is 26.3. The molecule has 0 radical (unpaired) electrons. The fourth-order valence-corrected chi connectivity index (χ4v) is 3.64. The largest absolute Gasteiger partial charge is 0.452 e. The maximum absolute atomic E-state index is 12.5. The average Bonchev–Trinajstić information content (AvgIpc) is 2.74. The zero-order valence-corrected chi connectivity index (χ0v) is 19.1. The second-order valence-electron chi connectivity index (χ2n) is 8.26. The van der Waals surface area contributed by atoms with Crippen LogP contribution in [0.1, 0.15) is 42.3 Å². The molecule has 1 amide bonds. The fourth-order valence-electron chi connectivity index (χ4n) is 2.62. The summed E-state index contributed by atoms with van der Waals surface area (Å²) in [5.74, 6) is -1.98. The summed E-state index contributed by atoms with van der Waals surface area (Å²) in [5.41, 5.74) is 1.51. The Morgan fingerprint density at radius 1 is 0.939 bits per heavy atom. The van der Waals surface area contributed by atoms with E-state index < -0.39 is 41.2 Å². The molecule has 33 heavy (non-hydrogen) atoms. The standard InChI is InChI=1S/C22H25F3N2O5S/c1-21(2,3)17-8-10-18(11-9-17)33(30,31)27-12-15-4-6-16(7-5-15)20(29)32-13-19(28)26-14-22(23,24)25/h4-11,27H,12-14H2,1-3H3,(H,26,28). The summed E-state index contributed by atoms with van der Waals surface area (Å²) in [7, 11) is -3.75. The highest BCUT2D eigenvalue weighted by Crippen LogP contribution is 2.23. The molecule has 2 rings (SSSR count). The van der Waals surface area contributed by atoms with E-state index >= 15 is 0 Å². The van der Waals surface area contributed by atoms with Gasteiger partial charge in [0.15, 0.2) is 6.61 Å². The van der Waals surface area contributed by atoms with Gasteiger partial charge < -0.3 is 10.1 Å². The molecule has 11 heteroatoms. The Labute approximate surface area is 190 Å². The third-order valence-electron chi connectivity index (χ3n) is 4.51. The Balaban J connectivity index is 1.89. The van der Waals surface area contributed by atoms with Gasteiger partial charge in [0.1, 0.15) is 6.54 Å². The molecule has 0 aromatic heterocycles. The molecular weight excluding hydrogens is 461 g/mol. The first-order chi connectivity index (χ1) is 15.2.